The number of hydrogen-bond donors (Lipinski definition) is 1. The molecule has 1 N–H and O–H groups in total. The predicted molar refractivity (Wildman–Crippen MR) is 123 cm³/mol. The van der Waals surface area contributed by atoms with Gasteiger partial charge in [-0.25, -0.2) is 17.8 Å². The summed E-state index contributed by atoms with van der Waals surface area (Å²) in [4.78, 5) is 13.1. The standard InChI is InChI=1S/C24H27N3O3S/c1-16-20-12-13-22(26-31(3,29)30)21(23(20)24(28)27(2)25-16)15-17-8-7-11-19(14-17)18-9-5-4-6-10-18/h4-11,14,21-22,26H,12-13,15H2,1-3H3/t21-,22-/m0/s1. The molecule has 1 aromatic heterocycles. The summed E-state index contributed by atoms with van der Waals surface area (Å²) in [6.07, 6.45) is 3.02. The fourth-order valence-corrected chi connectivity index (χ4v) is 5.48. The van der Waals surface area contributed by atoms with Gasteiger partial charge in [0.2, 0.25) is 10.0 Å². The average Bonchev–Trinajstić information content (AvgIpc) is 2.73. The number of fused-ring (bicyclic) bond motifs is 1. The van der Waals surface area contributed by atoms with Crippen LogP contribution in [0.2, 0.25) is 0 Å². The first-order valence-electron chi connectivity index (χ1n) is 10.4. The van der Waals surface area contributed by atoms with E-state index in [2.05, 4.69) is 34.1 Å². The molecule has 0 bridgehead atoms. The second kappa shape index (κ2) is 8.40. The molecule has 31 heavy (non-hydrogen) atoms. The monoisotopic (exact) mass is 437 g/mol. The third-order valence-electron chi connectivity index (χ3n) is 6.00. The maximum atomic E-state index is 13.1. The molecule has 0 saturated carbocycles. The third-order valence-corrected chi connectivity index (χ3v) is 6.73. The van der Waals surface area contributed by atoms with E-state index < -0.39 is 10.0 Å². The van der Waals surface area contributed by atoms with Crippen molar-refractivity contribution in [2.75, 3.05) is 6.26 Å². The van der Waals surface area contributed by atoms with E-state index in [0.717, 1.165) is 27.9 Å². The van der Waals surface area contributed by atoms with Crippen LogP contribution in [-0.2, 0) is 29.9 Å². The molecule has 2 atom stereocenters. The molecule has 7 heteroatoms. The van der Waals surface area contributed by atoms with Crippen molar-refractivity contribution in [3.63, 3.8) is 0 Å². The Bertz CT molecular complexity index is 1270. The quantitative estimate of drug-likeness (QED) is 0.665. The van der Waals surface area contributed by atoms with E-state index in [1.54, 1.807) is 7.05 Å². The van der Waals surface area contributed by atoms with Gasteiger partial charge >= 0.3 is 0 Å². The number of nitrogens with zero attached hydrogens (tertiary/aromatic N) is 2. The molecule has 1 aliphatic rings. The number of hydrogen-bond acceptors (Lipinski definition) is 4. The van der Waals surface area contributed by atoms with Gasteiger partial charge in [0.25, 0.3) is 5.56 Å². The van der Waals surface area contributed by atoms with E-state index in [4.69, 9.17) is 0 Å². The molecule has 0 aliphatic heterocycles. The zero-order chi connectivity index (χ0) is 22.2. The maximum absolute atomic E-state index is 13.1. The first-order chi connectivity index (χ1) is 14.7. The highest BCUT2D eigenvalue weighted by Gasteiger charge is 2.35. The van der Waals surface area contributed by atoms with Gasteiger partial charge in [-0.1, -0.05) is 54.6 Å². The lowest BCUT2D eigenvalue weighted by Crippen LogP contribution is -2.45. The van der Waals surface area contributed by atoms with Crippen molar-refractivity contribution in [3.8, 4) is 11.1 Å². The Kier molecular flexibility index (Phi) is 5.81. The summed E-state index contributed by atoms with van der Waals surface area (Å²) in [6.45, 7) is 1.91. The van der Waals surface area contributed by atoms with Crippen LogP contribution in [0.4, 0.5) is 0 Å². The number of benzene rings is 2. The lowest BCUT2D eigenvalue weighted by atomic mass is 9.76. The van der Waals surface area contributed by atoms with E-state index in [1.807, 2.05) is 37.3 Å². The van der Waals surface area contributed by atoms with Crippen LogP contribution in [0.1, 0.15) is 34.7 Å². The van der Waals surface area contributed by atoms with Crippen LogP contribution < -0.4 is 10.3 Å². The summed E-state index contributed by atoms with van der Waals surface area (Å²) in [5.41, 5.74) is 5.61. The van der Waals surface area contributed by atoms with Gasteiger partial charge in [-0.15, -0.1) is 0 Å². The van der Waals surface area contributed by atoms with Crippen molar-refractivity contribution in [1.29, 1.82) is 0 Å². The Morgan fingerprint density at radius 2 is 1.81 bits per heavy atom. The first-order valence-corrected chi connectivity index (χ1v) is 12.3. The molecular formula is C24H27N3O3S. The molecule has 0 amide bonds. The fourth-order valence-electron chi connectivity index (χ4n) is 4.65. The van der Waals surface area contributed by atoms with Crippen LogP contribution in [-0.4, -0.2) is 30.5 Å². The Morgan fingerprint density at radius 1 is 1.10 bits per heavy atom. The molecule has 0 spiro atoms. The highest BCUT2D eigenvalue weighted by Crippen LogP contribution is 2.34. The minimum atomic E-state index is -3.41. The average molecular weight is 438 g/mol. The van der Waals surface area contributed by atoms with Crippen molar-refractivity contribution in [1.82, 2.24) is 14.5 Å². The maximum Gasteiger partial charge on any atom is 0.270 e. The molecule has 0 unspecified atom stereocenters. The number of aryl methyl sites for hydroxylation is 2. The lowest BCUT2D eigenvalue weighted by Gasteiger charge is -2.34. The summed E-state index contributed by atoms with van der Waals surface area (Å²) < 4.78 is 28.3. The number of rotatable bonds is 5. The Hall–Kier alpha value is -2.77. The molecule has 6 nitrogen and oxygen atoms in total. The fraction of sp³-hybridized carbons (Fsp3) is 0.333. The van der Waals surface area contributed by atoms with E-state index in [-0.39, 0.29) is 17.5 Å². The second-order valence-electron chi connectivity index (χ2n) is 8.32. The molecule has 1 heterocycles. The first kappa shape index (κ1) is 21.5. The van der Waals surface area contributed by atoms with Crippen LogP contribution in [0.15, 0.2) is 59.4 Å². The largest absolute Gasteiger partial charge is 0.270 e. The summed E-state index contributed by atoms with van der Waals surface area (Å²) in [5, 5.41) is 4.35. The Morgan fingerprint density at radius 3 is 2.52 bits per heavy atom. The number of nitrogens with one attached hydrogen (secondary N) is 1. The highest BCUT2D eigenvalue weighted by molar-refractivity contribution is 7.88. The van der Waals surface area contributed by atoms with Crippen molar-refractivity contribution >= 4 is 10.0 Å². The summed E-state index contributed by atoms with van der Waals surface area (Å²) >= 11 is 0. The van der Waals surface area contributed by atoms with E-state index in [0.29, 0.717) is 24.8 Å². The summed E-state index contributed by atoms with van der Waals surface area (Å²) in [5.74, 6) is -0.259. The highest BCUT2D eigenvalue weighted by atomic mass is 32.2. The molecule has 1 aliphatic carbocycles. The van der Waals surface area contributed by atoms with E-state index in [9.17, 15) is 13.2 Å². The molecule has 4 rings (SSSR count). The van der Waals surface area contributed by atoms with Crippen LogP contribution in [0, 0.1) is 6.92 Å². The summed E-state index contributed by atoms with van der Waals surface area (Å²) in [7, 11) is -1.76. The van der Waals surface area contributed by atoms with Crippen molar-refractivity contribution < 1.29 is 8.42 Å². The minimum absolute atomic E-state index is 0.148. The summed E-state index contributed by atoms with van der Waals surface area (Å²) in [6, 6.07) is 18.0. The topological polar surface area (TPSA) is 81.1 Å². The van der Waals surface area contributed by atoms with Gasteiger partial charge in [-0.3, -0.25) is 4.79 Å². The molecule has 0 fully saturated rings. The van der Waals surface area contributed by atoms with Gasteiger partial charge in [0, 0.05) is 24.6 Å². The van der Waals surface area contributed by atoms with Crippen LogP contribution in [0.5, 0.6) is 0 Å². The Labute approximate surface area is 183 Å². The van der Waals surface area contributed by atoms with Gasteiger partial charge in [0.1, 0.15) is 0 Å². The van der Waals surface area contributed by atoms with E-state index in [1.165, 1.54) is 10.9 Å². The number of aromatic nitrogens is 2. The normalized spacial score (nSPS) is 18.5. The third kappa shape index (κ3) is 4.62. The molecule has 3 aromatic rings. The van der Waals surface area contributed by atoms with Crippen molar-refractivity contribution in [2.45, 2.75) is 38.1 Å². The molecule has 162 valence electrons. The minimum Gasteiger partial charge on any atom is -0.267 e. The molecule has 0 saturated heterocycles. The van der Waals surface area contributed by atoms with Gasteiger partial charge in [0.05, 0.1) is 11.9 Å². The lowest BCUT2D eigenvalue weighted by molar-refractivity contribution is 0.419. The second-order valence-corrected chi connectivity index (χ2v) is 10.1. The zero-order valence-electron chi connectivity index (χ0n) is 18.0. The molecule has 0 radical (unpaired) electrons. The van der Waals surface area contributed by atoms with Crippen molar-refractivity contribution in [3.05, 3.63) is 87.3 Å². The van der Waals surface area contributed by atoms with Gasteiger partial charge in [0.15, 0.2) is 0 Å². The molecular weight excluding hydrogens is 410 g/mol. The van der Waals surface area contributed by atoms with Gasteiger partial charge in [-0.05, 0) is 48.4 Å². The van der Waals surface area contributed by atoms with Crippen LogP contribution >= 0.6 is 0 Å². The SMILES string of the molecule is Cc1nn(C)c(=O)c2c1CC[C@H](NS(C)(=O)=O)[C@@H]2Cc1cccc(-c2ccccc2)c1. The Balaban J connectivity index is 1.78. The smallest absolute Gasteiger partial charge is 0.267 e. The zero-order valence-corrected chi connectivity index (χ0v) is 18.8. The number of sulfonamides is 1. The van der Waals surface area contributed by atoms with Crippen LogP contribution in [0.3, 0.4) is 0 Å². The predicted octanol–water partition coefficient (Wildman–Crippen LogP) is 2.95. The van der Waals surface area contributed by atoms with E-state index >= 15 is 0 Å². The van der Waals surface area contributed by atoms with Crippen molar-refractivity contribution in [2.24, 2.45) is 7.05 Å². The van der Waals surface area contributed by atoms with Crippen LogP contribution in [0.25, 0.3) is 11.1 Å². The molecule has 2 aromatic carbocycles. The van der Waals surface area contributed by atoms with Gasteiger partial charge in [-0.2, -0.15) is 5.10 Å². The van der Waals surface area contributed by atoms with Gasteiger partial charge < -0.3 is 0 Å².